The lowest BCUT2D eigenvalue weighted by atomic mass is 10.2. The minimum absolute atomic E-state index is 1.15. The molecule has 2 nitrogen and oxygen atoms in total. The van der Waals surface area contributed by atoms with Gasteiger partial charge in [0.2, 0.25) is 0 Å². The van der Waals surface area contributed by atoms with E-state index in [1.807, 2.05) is 0 Å². The minimum atomic E-state index is 1.15. The summed E-state index contributed by atoms with van der Waals surface area (Å²) in [6.07, 6.45) is 10.6. The molecular formula is C18H32N2. The molecule has 0 radical (unpaired) electrons. The summed E-state index contributed by atoms with van der Waals surface area (Å²) in [7, 11) is 0. The average molecular weight is 276 g/mol. The molecule has 0 aliphatic rings. The summed E-state index contributed by atoms with van der Waals surface area (Å²) < 4.78 is 0. The van der Waals surface area contributed by atoms with Gasteiger partial charge in [-0.05, 0) is 25.0 Å². The van der Waals surface area contributed by atoms with Crippen LogP contribution in [-0.4, -0.2) is 18.1 Å². The first-order chi connectivity index (χ1) is 9.86. The maximum absolute atomic E-state index is 3.57. The Bertz CT molecular complexity index is 298. The monoisotopic (exact) mass is 276 g/mol. The second-order valence-electron chi connectivity index (χ2n) is 5.59. The average Bonchev–Trinajstić information content (AvgIpc) is 2.49. The van der Waals surface area contributed by atoms with Gasteiger partial charge in [-0.25, -0.2) is 5.01 Å². The van der Waals surface area contributed by atoms with Crippen LogP contribution < -0.4 is 5.43 Å². The van der Waals surface area contributed by atoms with E-state index in [-0.39, 0.29) is 0 Å². The van der Waals surface area contributed by atoms with Gasteiger partial charge in [-0.15, -0.1) is 0 Å². The van der Waals surface area contributed by atoms with E-state index in [1.165, 1.54) is 57.1 Å². The Morgan fingerprint density at radius 3 is 1.80 bits per heavy atom. The van der Waals surface area contributed by atoms with Gasteiger partial charge in [-0.1, -0.05) is 70.6 Å². The van der Waals surface area contributed by atoms with Gasteiger partial charge in [0.05, 0.1) is 0 Å². The summed E-state index contributed by atoms with van der Waals surface area (Å²) in [4.78, 5) is 0. The van der Waals surface area contributed by atoms with Gasteiger partial charge in [-0.2, -0.15) is 0 Å². The van der Waals surface area contributed by atoms with Crippen LogP contribution in [0, 0.1) is 0 Å². The fraction of sp³-hybridized carbons (Fsp3) is 0.667. The molecule has 0 saturated heterocycles. The van der Waals surface area contributed by atoms with Crippen LogP contribution >= 0.6 is 0 Å². The topological polar surface area (TPSA) is 15.3 Å². The van der Waals surface area contributed by atoms with Crippen LogP contribution in [0.2, 0.25) is 0 Å². The van der Waals surface area contributed by atoms with E-state index in [1.54, 1.807) is 0 Å². The van der Waals surface area contributed by atoms with Crippen LogP contribution in [0.5, 0.6) is 0 Å². The maximum atomic E-state index is 3.57. The molecule has 0 aliphatic carbocycles. The van der Waals surface area contributed by atoms with E-state index in [4.69, 9.17) is 0 Å². The number of anilines is 1. The molecule has 114 valence electrons. The molecule has 0 fully saturated rings. The number of nitrogens with one attached hydrogen (secondary N) is 1. The lowest BCUT2D eigenvalue weighted by molar-refractivity contribution is 0.311. The van der Waals surface area contributed by atoms with Crippen molar-refractivity contribution in [2.75, 3.05) is 18.5 Å². The third-order valence-electron chi connectivity index (χ3n) is 3.62. The Morgan fingerprint density at radius 1 is 0.750 bits per heavy atom. The molecule has 0 aliphatic heterocycles. The van der Waals surface area contributed by atoms with E-state index < -0.39 is 0 Å². The molecule has 0 amide bonds. The summed E-state index contributed by atoms with van der Waals surface area (Å²) >= 11 is 0. The van der Waals surface area contributed by atoms with Crippen molar-refractivity contribution in [3.63, 3.8) is 0 Å². The highest BCUT2D eigenvalue weighted by Crippen LogP contribution is 2.10. The molecule has 0 heterocycles. The van der Waals surface area contributed by atoms with Crippen LogP contribution in [0.4, 0.5) is 5.69 Å². The number of hydrogen-bond acceptors (Lipinski definition) is 2. The van der Waals surface area contributed by atoms with Crippen LogP contribution in [0.25, 0.3) is 0 Å². The number of rotatable bonds is 12. The molecule has 0 saturated carbocycles. The summed E-state index contributed by atoms with van der Waals surface area (Å²) in [5.41, 5.74) is 4.77. The molecule has 0 spiro atoms. The molecule has 1 aromatic rings. The van der Waals surface area contributed by atoms with Crippen molar-refractivity contribution < 1.29 is 0 Å². The van der Waals surface area contributed by atoms with Crippen molar-refractivity contribution in [1.82, 2.24) is 5.01 Å². The van der Waals surface area contributed by atoms with Gasteiger partial charge in [0.15, 0.2) is 0 Å². The fourth-order valence-corrected chi connectivity index (χ4v) is 2.38. The Balaban J connectivity index is 2.33. The van der Waals surface area contributed by atoms with Crippen LogP contribution in [0.15, 0.2) is 30.3 Å². The first-order valence-electron chi connectivity index (χ1n) is 8.43. The van der Waals surface area contributed by atoms with Gasteiger partial charge in [0.25, 0.3) is 0 Å². The van der Waals surface area contributed by atoms with Crippen molar-refractivity contribution >= 4 is 5.69 Å². The summed E-state index contributed by atoms with van der Waals surface area (Å²) in [5.74, 6) is 0. The first-order valence-corrected chi connectivity index (χ1v) is 8.43. The first kappa shape index (κ1) is 17.0. The Labute approximate surface area is 125 Å². The smallest absolute Gasteiger partial charge is 0.0490 e. The molecule has 2 heteroatoms. The van der Waals surface area contributed by atoms with Crippen LogP contribution in [0.3, 0.4) is 0 Å². The molecule has 0 unspecified atom stereocenters. The Hall–Kier alpha value is -1.02. The number of benzene rings is 1. The third-order valence-corrected chi connectivity index (χ3v) is 3.62. The van der Waals surface area contributed by atoms with Crippen molar-refractivity contribution in [2.45, 2.75) is 65.2 Å². The Kier molecular flexibility index (Phi) is 10.0. The molecule has 0 bridgehead atoms. The van der Waals surface area contributed by atoms with E-state index in [0.29, 0.717) is 0 Å². The summed E-state index contributed by atoms with van der Waals surface area (Å²) in [6.45, 7) is 6.84. The van der Waals surface area contributed by atoms with Gasteiger partial charge < -0.3 is 5.43 Å². The van der Waals surface area contributed by atoms with E-state index in [9.17, 15) is 0 Å². The van der Waals surface area contributed by atoms with Gasteiger partial charge in [0.1, 0.15) is 0 Å². The zero-order valence-corrected chi connectivity index (χ0v) is 13.4. The Morgan fingerprint density at radius 2 is 1.30 bits per heavy atom. The van der Waals surface area contributed by atoms with Crippen LogP contribution in [-0.2, 0) is 0 Å². The van der Waals surface area contributed by atoms with E-state index in [0.717, 1.165) is 13.1 Å². The molecule has 20 heavy (non-hydrogen) atoms. The van der Waals surface area contributed by atoms with Gasteiger partial charge in [-0.3, -0.25) is 0 Å². The lowest BCUT2D eigenvalue weighted by Crippen LogP contribution is -2.32. The molecule has 0 aromatic heterocycles. The summed E-state index contributed by atoms with van der Waals surface area (Å²) in [5, 5.41) is 2.40. The van der Waals surface area contributed by atoms with Crippen LogP contribution in [0.1, 0.15) is 65.2 Å². The number of hydrazine groups is 1. The zero-order chi connectivity index (χ0) is 14.5. The van der Waals surface area contributed by atoms with Crippen molar-refractivity contribution in [3.8, 4) is 0 Å². The maximum Gasteiger partial charge on any atom is 0.0490 e. The van der Waals surface area contributed by atoms with Crippen molar-refractivity contribution in [3.05, 3.63) is 30.3 Å². The van der Waals surface area contributed by atoms with Gasteiger partial charge in [0, 0.05) is 18.8 Å². The van der Waals surface area contributed by atoms with Crippen molar-refractivity contribution in [1.29, 1.82) is 0 Å². The number of para-hydroxylation sites is 1. The number of nitrogens with zero attached hydrogens (tertiary/aromatic N) is 1. The molecule has 0 atom stereocenters. The molecular weight excluding hydrogens is 244 g/mol. The third kappa shape index (κ3) is 8.21. The summed E-state index contributed by atoms with van der Waals surface area (Å²) in [6, 6.07) is 10.5. The second kappa shape index (κ2) is 11.8. The highest BCUT2D eigenvalue weighted by Gasteiger charge is 2.04. The normalized spacial score (nSPS) is 10.9. The fourth-order valence-electron chi connectivity index (χ4n) is 2.38. The second-order valence-corrected chi connectivity index (χ2v) is 5.59. The highest BCUT2D eigenvalue weighted by atomic mass is 15.5. The van der Waals surface area contributed by atoms with E-state index in [2.05, 4.69) is 54.6 Å². The lowest BCUT2D eigenvalue weighted by Gasteiger charge is -2.24. The predicted molar refractivity (Wildman–Crippen MR) is 89.9 cm³/mol. The van der Waals surface area contributed by atoms with Gasteiger partial charge >= 0.3 is 0 Å². The SMILES string of the molecule is CCCCCCN(CCCCCC)Nc1ccccc1. The molecule has 1 rings (SSSR count). The largest absolute Gasteiger partial charge is 0.319 e. The standard InChI is InChI=1S/C18H32N2/c1-3-5-7-12-16-20(17-13-8-6-4-2)19-18-14-10-9-11-15-18/h9-11,14-15,19H,3-8,12-13,16-17H2,1-2H3. The minimum Gasteiger partial charge on any atom is -0.319 e. The number of hydrogen-bond donors (Lipinski definition) is 1. The molecule has 1 N–H and O–H groups in total. The highest BCUT2D eigenvalue weighted by molar-refractivity contribution is 5.41. The quantitative estimate of drug-likeness (QED) is 0.402. The number of unbranched alkanes of at least 4 members (excludes halogenated alkanes) is 6. The zero-order valence-electron chi connectivity index (χ0n) is 13.4. The molecule has 1 aromatic carbocycles. The van der Waals surface area contributed by atoms with Crippen molar-refractivity contribution in [2.24, 2.45) is 0 Å². The van der Waals surface area contributed by atoms with E-state index >= 15 is 0 Å². The predicted octanol–water partition coefficient (Wildman–Crippen LogP) is 5.48.